The number of hydrogen-bond acceptors (Lipinski definition) is 2. The van der Waals surface area contributed by atoms with Crippen LogP contribution in [0.15, 0.2) is 42.5 Å². The quantitative estimate of drug-likeness (QED) is 0.469. The van der Waals surface area contributed by atoms with Gasteiger partial charge in [-0.3, -0.25) is 0 Å². The van der Waals surface area contributed by atoms with Crippen LogP contribution >= 0.6 is 0 Å². The van der Waals surface area contributed by atoms with Crippen LogP contribution in [-0.4, -0.2) is 5.11 Å². The predicted octanol–water partition coefficient (Wildman–Crippen LogP) is 5.26. The molecule has 0 aliphatic rings. The summed E-state index contributed by atoms with van der Waals surface area (Å²) in [5.74, 6) is -8.53. The van der Waals surface area contributed by atoms with E-state index in [9.17, 15) is 26.3 Å². The first-order valence-electron chi connectivity index (χ1n) is 7.95. The summed E-state index contributed by atoms with van der Waals surface area (Å²) >= 11 is 0. The molecule has 0 aliphatic heterocycles. The lowest BCUT2D eigenvalue weighted by atomic mass is 10.0. The predicted molar refractivity (Wildman–Crippen MR) is 88.3 cm³/mol. The molecule has 0 saturated carbocycles. The van der Waals surface area contributed by atoms with Gasteiger partial charge in [-0.2, -0.15) is 0 Å². The summed E-state index contributed by atoms with van der Waals surface area (Å²) in [5, 5.41) is 8.98. The summed E-state index contributed by atoms with van der Waals surface area (Å²) in [7, 11) is 0. The number of halogens is 6. The summed E-state index contributed by atoms with van der Waals surface area (Å²) in [6.45, 7) is -1.02. The molecule has 0 aliphatic carbocycles. The molecule has 0 aromatic heterocycles. The summed E-state index contributed by atoms with van der Waals surface area (Å²) in [6, 6.07) is 6.65. The molecule has 8 heteroatoms. The Kier molecular flexibility index (Phi) is 5.60. The second-order valence-corrected chi connectivity index (χ2v) is 5.90. The van der Waals surface area contributed by atoms with Gasteiger partial charge in [0, 0.05) is 5.56 Å². The first-order valence-corrected chi connectivity index (χ1v) is 7.95. The zero-order valence-corrected chi connectivity index (χ0v) is 14.1. The van der Waals surface area contributed by atoms with Gasteiger partial charge < -0.3 is 9.84 Å². The lowest BCUT2D eigenvalue weighted by molar-refractivity contribution is 0.272. The Bertz CT molecular complexity index is 989. The van der Waals surface area contributed by atoms with E-state index in [2.05, 4.69) is 0 Å². The highest BCUT2D eigenvalue weighted by Crippen LogP contribution is 2.31. The van der Waals surface area contributed by atoms with E-state index in [1.807, 2.05) is 0 Å². The third-order valence-corrected chi connectivity index (χ3v) is 3.95. The lowest BCUT2D eigenvalue weighted by Gasteiger charge is -2.12. The van der Waals surface area contributed by atoms with Crippen LogP contribution in [0.4, 0.5) is 26.3 Å². The third-order valence-electron chi connectivity index (χ3n) is 3.95. The summed E-state index contributed by atoms with van der Waals surface area (Å²) in [4.78, 5) is 0. The molecule has 0 saturated heterocycles. The number of benzene rings is 3. The number of hydrogen-bond donors (Lipinski definition) is 1. The molecule has 0 amide bonds. The zero-order valence-electron chi connectivity index (χ0n) is 14.1. The second-order valence-electron chi connectivity index (χ2n) is 5.90. The van der Waals surface area contributed by atoms with Crippen molar-refractivity contribution in [2.45, 2.75) is 13.2 Å². The molecular formula is C20H12F6O2. The maximum atomic E-state index is 14.3. The van der Waals surface area contributed by atoms with Crippen LogP contribution < -0.4 is 4.74 Å². The Morgan fingerprint density at radius 1 is 0.679 bits per heavy atom. The lowest BCUT2D eigenvalue weighted by Crippen LogP contribution is -2.03. The highest BCUT2D eigenvalue weighted by molar-refractivity contribution is 5.65. The van der Waals surface area contributed by atoms with Gasteiger partial charge in [-0.25, -0.2) is 26.3 Å². The number of rotatable bonds is 5. The monoisotopic (exact) mass is 398 g/mol. The molecule has 0 atom stereocenters. The SMILES string of the molecule is OCc1ccc(-c2cc(F)c(OCc3cc(F)c(F)c(F)c3)c(F)c2)c(F)c1. The van der Waals surface area contributed by atoms with E-state index in [0.717, 1.165) is 18.2 Å². The molecule has 2 nitrogen and oxygen atoms in total. The molecule has 0 heterocycles. The van der Waals surface area contributed by atoms with Crippen molar-refractivity contribution in [2.75, 3.05) is 0 Å². The number of ether oxygens (including phenoxy) is 1. The zero-order chi connectivity index (χ0) is 20.4. The van der Waals surface area contributed by atoms with Gasteiger partial charge in [-0.15, -0.1) is 0 Å². The van der Waals surface area contributed by atoms with Crippen molar-refractivity contribution in [1.29, 1.82) is 0 Å². The average molecular weight is 398 g/mol. The fourth-order valence-corrected chi connectivity index (χ4v) is 2.59. The van der Waals surface area contributed by atoms with Crippen LogP contribution in [0.25, 0.3) is 11.1 Å². The summed E-state index contributed by atoms with van der Waals surface area (Å²) < 4.78 is 86.8. The van der Waals surface area contributed by atoms with E-state index in [1.165, 1.54) is 12.1 Å². The maximum Gasteiger partial charge on any atom is 0.194 e. The van der Waals surface area contributed by atoms with Crippen molar-refractivity contribution in [3.05, 3.63) is 88.5 Å². The highest BCUT2D eigenvalue weighted by atomic mass is 19.2. The topological polar surface area (TPSA) is 29.5 Å². The van der Waals surface area contributed by atoms with Gasteiger partial charge in [-0.05, 0) is 47.0 Å². The Morgan fingerprint density at radius 3 is 1.79 bits per heavy atom. The van der Waals surface area contributed by atoms with Gasteiger partial charge in [0.25, 0.3) is 0 Å². The van der Waals surface area contributed by atoms with Gasteiger partial charge in [0.1, 0.15) is 12.4 Å². The smallest absolute Gasteiger partial charge is 0.194 e. The number of aliphatic hydroxyl groups excluding tert-OH is 1. The average Bonchev–Trinajstić information content (AvgIpc) is 2.65. The Hall–Kier alpha value is -3.00. The Balaban J connectivity index is 1.86. The van der Waals surface area contributed by atoms with Crippen molar-refractivity contribution in [2.24, 2.45) is 0 Å². The van der Waals surface area contributed by atoms with Crippen LogP contribution in [0.2, 0.25) is 0 Å². The molecular weight excluding hydrogens is 386 g/mol. The summed E-state index contributed by atoms with van der Waals surface area (Å²) in [6.07, 6.45) is 0. The molecule has 0 spiro atoms. The normalized spacial score (nSPS) is 11.0. The van der Waals surface area contributed by atoms with E-state index in [4.69, 9.17) is 9.84 Å². The Morgan fingerprint density at radius 2 is 1.25 bits per heavy atom. The van der Waals surface area contributed by atoms with E-state index in [1.54, 1.807) is 0 Å². The van der Waals surface area contributed by atoms with Gasteiger partial charge in [0.2, 0.25) is 0 Å². The van der Waals surface area contributed by atoms with Crippen molar-refractivity contribution in [1.82, 2.24) is 0 Å². The van der Waals surface area contributed by atoms with E-state index in [-0.39, 0.29) is 16.7 Å². The molecule has 28 heavy (non-hydrogen) atoms. The van der Waals surface area contributed by atoms with Crippen LogP contribution in [-0.2, 0) is 13.2 Å². The molecule has 146 valence electrons. The molecule has 1 N–H and O–H groups in total. The minimum absolute atomic E-state index is 0.0933. The first-order chi connectivity index (χ1) is 13.3. The molecule has 0 unspecified atom stereocenters. The highest BCUT2D eigenvalue weighted by Gasteiger charge is 2.17. The molecule has 3 aromatic carbocycles. The maximum absolute atomic E-state index is 14.3. The van der Waals surface area contributed by atoms with Crippen molar-refractivity contribution in [3.63, 3.8) is 0 Å². The van der Waals surface area contributed by atoms with Gasteiger partial charge in [-0.1, -0.05) is 12.1 Å². The molecule has 0 fully saturated rings. The second kappa shape index (κ2) is 7.93. The van der Waals surface area contributed by atoms with E-state index in [0.29, 0.717) is 17.7 Å². The van der Waals surface area contributed by atoms with Gasteiger partial charge in [0.05, 0.1) is 6.61 Å². The van der Waals surface area contributed by atoms with Crippen molar-refractivity contribution >= 4 is 0 Å². The number of aliphatic hydroxyl groups is 1. The molecule has 3 aromatic rings. The van der Waals surface area contributed by atoms with Crippen molar-refractivity contribution < 1.29 is 36.2 Å². The van der Waals surface area contributed by atoms with E-state index < -0.39 is 53.9 Å². The van der Waals surface area contributed by atoms with Crippen LogP contribution in [0, 0.1) is 34.9 Å². The summed E-state index contributed by atoms with van der Waals surface area (Å²) in [5.41, 5.74) is -0.0849. The molecule has 3 rings (SSSR count). The van der Waals surface area contributed by atoms with Crippen molar-refractivity contribution in [3.8, 4) is 16.9 Å². The largest absolute Gasteiger partial charge is 0.483 e. The van der Waals surface area contributed by atoms with Crippen LogP contribution in [0.5, 0.6) is 5.75 Å². The van der Waals surface area contributed by atoms with Gasteiger partial charge in [0.15, 0.2) is 34.8 Å². The fraction of sp³-hybridized carbons (Fsp3) is 0.100. The first kappa shape index (κ1) is 19.8. The van der Waals surface area contributed by atoms with Gasteiger partial charge >= 0.3 is 0 Å². The minimum atomic E-state index is -1.67. The standard InChI is InChI=1S/C20H12F6O2/c21-14-3-10(8-27)1-2-13(14)12-6-17(24)20(18(25)7-12)28-9-11-4-15(22)19(26)16(23)5-11/h1-7,27H,8-9H2. The molecule has 0 bridgehead atoms. The Labute approximate surface area is 155 Å². The fourth-order valence-electron chi connectivity index (χ4n) is 2.59. The van der Waals surface area contributed by atoms with E-state index >= 15 is 0 Å². The minimum Gasteiger partial charge on any atom is -0.483 e. The molecule has 0 radical (unpaired) electrons. The third kappa shape index (κ3) is 3.96. The van der Waals surface area contributed by atoms with Crippen LogP contribution in [0.3, 0.4) is 0 Å². The van der Waals surface area contributed by atoms with Crippen LogP contribution in [0.1, 0.15) is 11.1 Å².